The number of halogens is 1. The zero-order chi connectivity index (χ0) is 16.5. The fourth-order valence-corrected chi connectivity index (χ4v) is 4.42. The van der Waals surface area contributed by atoms with Gasteiger partial charge in [0.2, 0.25) is 5.91 Å². The van der Waals surface area contributed by atoms with Gasteiger partial charge in [0.25, 0.3) is 5.91 Å². The number of carbonyl (C=O) groups is 2. The first-order valence-corrected chi connectivity index (χ1v) is 9.10. The maximum absolute atomic E-state index is 12.8. The van der Waals surface area contributed by atoms with Gasteiger partial charge in [0.15, 0.2) is 5.76 Å². The summed E-state index contributed by atoms with van der Waals surface area (Å²) in [6.45, 7) is 2.37. The Labute approximate surface area is 154 Å². The standard InChI is InChI=1S/C18H25N3O3.ClH/c22-17(15-12-13-4-1-2-5-14(13)19-15)20-7-9-21(10-8-20)18(23)16-6-3-11-24-16;/h3,6,11,13-15,19H,1-2,4-5,7-10,12H2;1H. The Bertz CT molecular complexity index is 585. The number of fused-ring (bicyclic) bond motifs is 1. The van der Waals surface area contributed by atoms with Crippen molar-refractivity contribution in [3.63, 3.8) is 0 Å². The summed E-state index contributed by atoms with van der Waals surface area (Å²) in [5, 5.41) is 3.56. The van der Waals surface area contributed by atoms with E-state index in [-0.39, 0.29) is 30.3 Å². The molecule has 1 aromatic rings. The molecule has 1 aliphatic carbocycles. The molecule has 0 bridgehead atoms. The van der Waals surface area contributed by atoms with Gasteiger partial charge in [0.1, 0.15) is 0 Å². The molecule has 25 heavy (non-hydrogen) atoms. The first-order valence-electron chi connectivity index (χ1n) is 9.10. The summed E-state index contributed by atoms with van der Waals surface area (Å²) in [6.07, 6.45) is 7.54. The van der Waals surface area contributed by atoms with Gasteiger partial charge in [0, 0.05) is 32.2 Å². The van der Waals surface area contributed by atoms with Crippen LogP contribution in [0.3, 0.4) is 0 Å². The molecule has 3 atom stereocenters. The highest BCUT2D eigenvalue weighted by molar-refractivity contribution is 5.91. The molecule has 0 aromatic carbocycles. The molecule has 3 unspecified atom stereocenters. The van der Waals surface area contributed by atoms with Crippen molar-refractivity contribution in [1.82, 2.24) is 15.1 Å². The van der Waals surface area contributed by atoms with Crippen LogP contribution in [0.25, 0.3) is 0 Å². The maximum Gasteiger partial charge on any atom is 0.289 e. The van der Waals surface area contributed by atoms with E-state index in [2.05, 4.69) is 5.32 Å². The molecular formula is C18H26ClN3O3. The van der Waals surface area contributed by atoms with Crippen LogP contribution in [-0.4, -0.2) is 59.9 Å². The summed E-state index contributed by atoms with van der Waals surface area (Å²) in [7, 11) is 0. The fraction of sp³-hybridized carbons (Fsp3) is 0.667. The van der Waals surface area contributed by atoms with E-state index < -0.39 is 0 Å². The number of amides is 2. The summed E-state index contributed by atoms with van der Waals surface area (Å²) < 4.78 is 5.18. The molecule has 3 fully saturated rings. The predicted molar refractivity (Wildman–Crippen MR) is 95.7 cm³/mol. The maximum atomic E-state index is 12.8. The molecule has 138 valence electrons. The van der Waals surface area contributed by atoms with Crippen LogP contribution >= 0.6 is 12.4 Å². The third-order valence-electron chi connectivity index (χ3n) is 5.77. The molecule has 2 saturated heterocycles. The Balaban J connectivity index is 0.00000182. The lowest BCUT2D eigenvalue weighted by Gasteiger charge is -2.35. The topological polar surface area (TPSA) is 65.8 Å². The van der Waals surface area contributed by atoms with E-state index in [1.807, 2.05) is 4.90 Å². The molecule has 1 N–H and O–H groups in total. The summed E-state index contributed by atoms with van der Waals surface area (Å²) in [4.78, 5) is 28.8. The quantitative estimate of drug-likeness (QED) is 0.867. The normalized spacial score (nSPS) is 29.0. The molecule has 3 heterocycles. The minimum Gasteiger partial charge on any atom is -0.459 e. The second-order valence-corrected chi connectivity index (χ2v) is 7.20. The van der Waals surface area contributed by atoms with Crippen molar-refractivity contribution >= 4 is 24.2 Å². The van der Waals surface area contributed by atoms with E-state index in [4.69, 9.17) is 4.42 Å². The monoisotopic (exact) mass is 367 g/mol. The van der Waals surface area contributed by atoms with Crippen LogP contribution in [0.1, 0.15) is 42.7 Å². The van der Waals surface area contributed by atoms with Crippen molar-refractivity contribution in [2.75, 3.05) is 26.2 Å². The van der Waals surface area contributed by atoms with E-state index in [1.165, 1.54) is 31.9 Å². The van der Waals surface area contributed by atoms with Crippen LogP contribution in [0.5, 0.6) is 0 Å². The van der Waals surface area contributed by atoms with Gasteiger partial charge in [-0.25, -0.2) is 0 Å². The van der Waals surface area contributed by atoms with Gasteiger partial charge < -0.3 is 19.5 Å². The van der Waals surface area contributed by atoms with Gasteiger partial charge in [-0.3, -0.25) is 9.59 Å². The summed E-state index contributed by atoms with van der Waals surface area (Å²) in [5.74, 6) is 1.18. The van der Waals surface area contributed by atoms with Gasteiger partial charge in [-0.2, -0.15) is 0 Å². The zero-order valence-electron chi connectivity index (χ0n) is 14.4. The van der Waals surface area contributed by atoms with Crippen molar-refractivity contribution < 1.29 is 14.0 Å². The number of hydrogen-bond acceptors (Lipinski definition) is 4. The van der Waals surface area contributed by atoms with Crippen LogP contribution in [0.4, 0.5) is 0 Å². The fourth-order valence-electron chi connectivity index (χ4n) is 4.42. The van der Waals surface area contributed by atoms with Crippen LogP contribution in [0.2, 0.25) is 0 Å². The van der Waals surface area contributed by atoms with Crippen LogP contribution in [0.15, 0.2) is 22.8 Å². The van der Waals surface area contributed by atoms with Gasteiger partial charge in [-0.05, 0) is 37.3 Å². The molecule has 6 nitrogen and oxygen atoms in total. The molecule has 2 amide bonds. The Morgan fingerprint density at radius 3 is 2.48 bits per heavy atom. The van der Waals surface area contributed by atoms with Crippen LogP contribution in [-0.2, 0) is 4.79 Å². The van der Waals surface area contributed by atoms with Crippen molar-refractivity contribution in [1.29, 1.82) is 0 Å². The number of nitrogens with zero attached hydrogens (tertiary/aromatic N) is 2. The number of carbonyl (C=O) groups excluding carboxylic acids is 2. The van der Waals surface area contributed by atoms with Crippen molar-refractivity contribution in [3.05, 3.63) is 24.2 Å². The summed E-state index contributed by atoms with van der Waals surface area (Å²) >= 11 is 0. The van der Waals surface area contributed by atoms with Crippen LogP contribution in [0, 0.1) is 5.92 Å². The lowest BCUT2D eigenvalue weighted by Crippen LogP contribution is -2.54. The molecular weight excluding hydrogens is 342 g/mol. The molecule has 0 spiro atoms. The third-order valence-corrected chi connectivity index (χ3v) is 5.77. The molecule has 1 aromatic heterocycles. The minimum atomic E-state index is -0.0860. The molecule has 0 radical (unpaired) electrons. The van der Waals surface area contributed by atoms with Crippen molar-refractivity contribution in [2.24, 2.45) is 5.92 Å². The second-order valence-electron chi connectivity index (χ2n) is 7.20. The third kappa shape index (κ3) is 3.70. The average Bonchev–Trinajstić information content (AvgIpc) is 3.30. The lowest BCUT2D eigenvalue weighted by molar-refractivity contribution is -0.134. The zero-order valence-corrected chi connectivity index (χ0v) is 15.2. The van der Waals surface area contributed by atoms with E-state index in [0.29, 0.717) is 43.9 Å². The molecule has 4 rings (SSSR count). The van der Waals surface area contributed by atoms with Gasteiger partial charge >= 0.3 is 0 Å². The first kappa shape index (κ1) is 18.3. The Morgan fingerprint density at radius 1 is 1.08 bits per heavy atom. The summed E-state index contributed by atoms with van der Waals surface area (Å²) in [6, 6.07) is 3.92. The SMILES string of the molecule is Cl.O=C(c1ccco1)N1CCN(C(=O)C2CC3CCCCC3N2)CC1. The Kier molecular flexibility index (Phi) is 5.69. The van der Waals surface area contributed by atoms with E-state index in [1.54, 1.807) is 17.0 Å². The van der Waals surface area contributed by atoms with E-state index in [0.717, 1.165) is 6.42 Å². The van der Waals surface area contributed by atoms with Crippen LogP contribution < -0.4 is 5.32 Å². The Morgan fingerprint density at radius 2 is 1.80 bits per heavy atom. The number of hydrogen-bond donors (Lipinski definition) is 1. The molecule has 7 heteroatoms. The summed E-state index contributed by atoms with van der Waals surface area (Å²) in [5.41, 5.74) is 0. The highest BCUT2D eigenvalue weighted by atomic mass is 35.5. The van der Waals surface area contributed by atoms with Crippen molar-refractivity contribution in [3.8, 4) is 0 Å². The number of rotatable bonds is 2. The number of piperazine rings is 1. The van der Waals surface area contributed by atoms with Crippen molar-refractivity contribution in [2.45, 2.75) is 44.2 Å². The Hall–Kier alpha value is -1.53. The average molecular weight is 368 g/mol. The predicted octanol–water partition coefficient (Wildman–Crippen LogP) is 1.91. The number of nitrogens with one attached hydrogen (secondary N) is 1. The van der Waals surface area contributed by atoms with E-state index >= 15 is 0 Å². The lowest BCUT2D eigenvalue weighted by atomic mass is 9.85. The smallest absolute Gasteiger partial charge is 0.289 e. The molecule has 3 aliphatic rings. The highest BCUT2D eigenvalue weighted by Gasteiger charge is 2.40. The van der Waals surface area contributed by atoms with E-state index in [9.17, 15) is 9.59 Å². The molecule has 2 aliphatic heterocycles. The molecule has 1 saturated carbocycles. The first-order chi connectivity index (χ1) is 11.7. The van der Waals surface area contributed by atoms with Gasteiger partial charge in [-0.1, -0.05) is 12.8 Å². The number of furan rings is 1. The largest absolute Gasteiger partial charge is 0.459 e. The second kappa shape index (κ2) is 7.79. The van der Waals surface area contributed by atoms with Gasteiger partial charge in [-0.15, -0.1) is 12.4 Å². The highest BCUT2D eigenvalue weighted by Crippen LogP contribution is 2.33. The minimum absolute atomic E-state index is 0. The van der Waals surface area contributed by atoms with Gasteiger partial charge in [0.05, 0.1) is 12.3 Å².